The molecule has 0 amide bonds. The van der Waals surface area contributed by atoms with Gasteiger partial charge in [0.1, 0.15) is 5.15 Å². The number of rotatable bonds is 3. The summed E-state index contributed by atoms with van der Waals surface area (Å²) < 4.78 is 19.0. The number of methoxy groups -OCH3 is 1. The van der Waals surface area contributed by atoms with Gasteiger partial charge in [-0.2, -0.15) is 0 Å². The van der Waals surface area contributed by atoms with Gasteiger partial charge in [0, 0.05) is 5.56 Å². The molecule has 1 aromatic heterocycles. The van der Waals surface area contributed by atoms with E-state index in [1.807, 2.05) is 6.92 Å². The zero-order chi connectivity index (χ0) is 14.0. The quantitative estimate of drug-likeness (QED) is 0.779. The summed E-state index contributed by atoms with van der Waals surface area (Å²) in [5, 5.41) is 0.338. The molecule has 0 aliphatic carbocycles. The highest BCUT2D eigenvalue weighted by Crippen LogP contribution is 2.29. The van der Waals surface area contributed by atoms with E-state index >= 15 is 0 Å². The van der Waals surface area contributed by atoms with Gasteiger partial charge in [0.05, 0.1) is 17.3 Å². The molecule has 2 rings (SSSR count). The Hall–Kier alpha value is -1.20. The molecule has 0 N–H and O–H groups in total. The van der Waals surface area contributed by atoms with Gasteiger partial charge in [-0.05, 0) is 40.5 Å². The first-order chi connectivity index (χ1) is 9.06. The highest BCUT2D eigenvalue weighted by atomic mass is 79.9. The van der Waals surface area contributed by atoms with Crippen LogP contribution in [0.4, 0.5) is 4.39 Å². The third kappa shape index (κ3) is 2.87. The van der Waals surface area contributed by atoms with Crippen molar-refractivity contribution in [3.05, 3.63) is 39.3 Å². The van der Waals surface area contributed by atoms with Crippen molar-refractivity contribution in [1.29, 1.82) is 0 Å². The third-order valence-electron chi connectivity index (χ3n) is 2.62. The molecule has 0 aliphatic rings. The molecule has 0 radical (unpaired) electrons. The minimum Gasteiger partial charge on any atom is -0.494 e. The number of hydrogen-bond acceptors (Lipinski definition) is 3. The predicted octanol–water partition coefficient (Wildman–Crippen LogP) is 4.27. The van der Waals surface area contributed by atoms with Crippen LogP contribution in [0, 0.1) is 5.82 Å². The van der Waals surface area contributed by atoms with Gasteiger partial charge in [-0.25, -0.2) is 14.4 Å². The predicted molar refractivity (Wildman–Crippen MR) is 76.1 cm³/mol. The molecule has 0 fully saturated rings. The van der Waals surface area contributed by atoms with Crippen molar-refractivity contribution in [3.63, 3.8) is 0 Å². The smallest absolute Gasteiger partial charge is 0.165 e. The Morgan fingerprint density at radius 2 is 2.11 bits per heavy atom. The van der Waals surface area contributed by atoms with E-state index in [0.29, 0.717) is 27.4 Å². The normalized spacial score (nSPS) is 10.6. The number of halogens is 3. The second-order valence-corrected chi connectivity index (χ2v) is 4.95. The van der Waals surface area contributed by atoms with Crippen LogP contribution in [0.1, 0.15) is 12.6 Å². The molecule has 0 saturated heterocycles. The van der Waals surface area contributed by atoms with Gasteiger partial charge in [-0.3, -0.25) is 0 Å². The van der Waals surface area contributed by atoms with Crippen molar-refractivity contribution in [3.8, 4) is 17.1 Å². The first-order valence-corrected chi connectivity index (χ1v) is 6.79. The fraction of sp³-hybridized carbons (Fsp3) is 0.231. The van der Waals surface area contributed by atoms with E-state index in [2.05, 4.69) is 25.9 Å². The summed E-state index contributed by atoms with van der Waals surface area (Å²) in [7, 11) is 1.41. The van der Waals surface area contributed by atoms with E-state index in [0.717, 1.165) is 5.69 Å². The second kappa shape index (κ2) is 5.84. The Morgan fingerprint density at radius 3 is 2.74 bits per heavy atom. The molecule has 1 heterocycles. The van der Waals surface area contributed by atoms with Crippen LogP contribution in [0.15, 0.2) is 22.7 Å². The fourth-order valence-electron chi connectivity index (χ4n) is 1.63. The highest BCUT2D eigenvalue weighted by molar-refractivity contribution is 9.10. The van der Waals surface area contributed by atoms with Crippen LogP contribution < -0.4 is 4.74 Å². The standard InChI is InChI=1S/C13H11BrClFN2O/c1-3-9-11(14)12(15)18-13(17-9)7-4-5-8(16)10(6-7)19-2/h4-6H,3H2,1-2H3. The number of benzene rings is 1. The number of aromatic nitrogens is 2. The van der Waals surface area contributed by atoms with Crippen molar-refractivity contribution < 1.29 is 9.13 Å². The van der Waals surface area contributed by atoms with Crippen molar-refractivity contribution in [2.75, 3.05) is 7.11 Å². The molecule has 0 atom stereocenters. The zero-order valence-electron chi connectivity index (χ0n) is 10.4. The number of aryl methyl sites for hydroxylation is 1. The zero-order valence-corrected chi connectivity index (χ0v) is 12.7. The Morgan fingerprint density at radius 1 is 1.37 bits per heavy atom. The van der Waals surface area contributed by atoms with Crippen molar-refractivity contribution in [2.24, 2.45) is 0 Å². The monoisotopic (exact) mass is 344 g/mol. The van der Waals surface area contributed by atoms with Gasteiger partial charge in [0.25, 0.3) is 0 Å². The molecule has 0 bridgehead atoms. The summed E-state index contributed by atoms with van der Waals surface area (Å²) in [6.45, 7) is 1.97. The van der Waals surface area contributed by atoms with Crippen LogP contribution in [-0.4, -0.2) is 17.1 Å². The van der Waals surface area contributed by atoms with Gasteiger partial charge in [-0.15, -0.1) is 0 Å². The molecule has 1 aromatic carbocycles. The maximum atomic E-state index is 13.4. The van der Waals surface area contributed by atoms with Crippen molar-refractivity contribution >= 4 is 27.5 Å². The van der Waals surface area contributed by atoms with Gasteiger partial charge in [-0.1, -0.05) is 18.5 Å². The average molecular weight is 346 g/mol. The van der Waals surface area contributed by atoms with Crippen LogP contribution in [0.5, 0.6) is 5.75 Å². The van der Waals surface area contributed by atoms with E-state index < -0.39 is 5.82 Å². The van der Waals surface area contributed by atoms with Gasteiger partial charge in [0.2, 0.25) is 0 Å². The lowest BCUT2D eigenvalue weighted by Gasteiger charge is -2.08. The molecular formula is C13H11BrClFN2O. The largest absolute Gasteiger partial charge is 0.494 e. The Kier molecular flexibility index (Phi) is 4.37. The number of hydrogen-bond donors (Lipinski definition) is 0. The maximum absolute atomic E-state index is 13.4. The molecular weight excluding hydrogens is 335 g/mol. The lowest BCUT2D eigenvalue weighted by atomic mass is 10.2. The van der Waals surface area contributed by atoms with Gasteiger partial charge in [0.15, 0.2) is 17.4 Å². The Bertz CT molecular complexity index is 622. The minimum atomic E-state index is -0.426. The van der Waals surface area contributed by atoms with E-state index in [4.69, 9.17) is 16.3 Å². The number of ether oxygens (including phenoxy) is 1. The lowest BCUT2D eigenvalue weighted by Crippen LogP contribution is -1.98. The SMILES string of the molecule is CCc1nc(-c2ccc(F)c(OC)c2)nc(Cl)c1Br. The molecule has 2 aromatic rings. The Labute approximate surface area is 123 Å². The van der Waals surface area contributed by atoms with Crippen LogP contribution in [0.25, 0.3) is 11.4 Å². The summed E-state index contributed by atoms with van der Waals surface area (Å²) in [5.41, 5.74) is 1.46. The molecule has 100 valence electrons. The summed E-state index contributed by atoms with van der Waals surface area (Å²) in [4.78, 5) is 8.59. The maximum Gasteiger partial charge on any atom is 0.165 e. The molecule has 0 saturated carbocycles. The Balaban J connectivity index is 2.55. The van der Waals surface area contributed by atoms with Gasteiger partial charge >= 0.3 is 0 Å². The summed E-state index contributed by atoms with van der Waals surface area (Å²) in [5.74, 6) is 0.173. The van der Waals surface area contributed by atoms with Crippen molar-refractivity contribution in [2.45, 2.75) is 13.3 Å². The molecule has 0 unspecified atom stereocenters. The molecule has 0 aliphatic heterocycles. The molecule has 3 nitrogen and oxygen atoms in total. The van der Waals surface area contributed by atoms with Crippen LogP contribution >= 0.6 is 27.5 Å². The third-order valence-corrected chi connectivity index (χ3v) is 3.96. The summed E-state index contributed by atoms with van der Waals surface area (Å²) >= 11 is 9.39. The lowest BCUT2D eigenvalue weighted by molar-refractivity contribution is 0.386. The van der Waals surface area contributed by atoms with E-state index in [1.165, 1.54) is 13.2 Å². The minimum absolute atomic E-state index is 0.151. The fourth-order valence-corrected chi connectivity index (χ4v) is 2.27. The molecule has 6 heteroatoms. The van der Waals surface area contributed by atoms with Crippen molar-refractivity contribution in [1.82, 2.24) is 9.97 Å². The van der Waals surface area contributed by atoms with Crippen LogP contribution in [0.2, 0.25) is 5.15 Å². The van der Waals surface area contributed by atoms with Crippen LogP contribution in [0.3, 0.4) is 0 Å². The first-order valence-electron chi connectivity index (χ1n) is 5.62. The average Bonchev–Trinajstić information content (AvgIpc) is 2.42. The van der Waals surface area contributed by atoms with Gasteiger partial charge < -0.3 is 4.74 Å². The van der Waals surface area contributed by atoms with E-state index in [9.17, 15) is 4.39 Å². The summed E-state index contributed by atoms with van der Waals surface area (Å²) in [6, 6.07) is 4.46. The summed E-state index contributed by atoms with van der Waals surface area (Å²) in [6.07, 6.45) is 0.716. The first kappa shape index (κ1) is 14.2. The molecule has 0 spiro atoms. The number of nitrogens with zero attached hydrogens (tertiary/aromatic N) is 2. The highest BCUT2D eigenvalue weighted by Gasteiger charge is 2.12. The topological polar surface area (TPSA) is 35.0 Å². The van der Waals surface area contributed by atoms with E-state index in [1.54, 1.807) is 12.1 Å². The molecule has 19 heavy (non-hydrogen) atoms. The van der Waals surface area contributed by atoms with E-state index in [-0.39, 0.29) is 5.75 Å². The van der Waals surface area contributed by atoms with Crippen LogP contribution in [-0.2, 0) is 6.42 Å². The second-order valence-electron chi connectivity index (χ2n) is 3.80.